The summed E-state index contributed by atoms with van der Waals surface area (Å²) in [7, 11) is -3.57. The molecule has 12 rings (SSSR count). The van der Waals surface area contributed by atoms with Gasteiger partial charge >= 0.3 is 0 Å². The van der Waals surface area contributed by atoms with Crippen molar-refractivity contribution in [2.45, 2.75) is 109 Å². The standard InChI is InChI=1S/C43H55NO5S2/c1-38-11-8-31(45)23-41(38)14-15-43(32(24-41)37(46)34-19-30-6-4-5-7-33(30)50-34)35(38)9-12-39(2)36(43)10-13-42(39,47)26-44(51(3,48)49)25-40-20-27-16-28(21-40)18-29(17-27)22-40/h4-7,14-15,19,24,27-29,31,35-36,45,47H,8-13,16-18,20-23,25-26H2,1-3H3/t27?,28?,29?,31?,35-,36-,38-,39+,40?,41+,42-,43-/m1/s1. The van der Waals surface area contributed by atoms with Crippen LogP contribution in [0.5, 0.6) is 0 Å². The number of aliphatic hydroxyl groups excluding tert-OH is 1. The van der Waals surface area contributed by atoms with Gasteiger partial charge < -0.3 is 10.2 Å². The molecule has 1 aromatic heterocycles. The number of ketones is 1. The molecule has 0 saturated heterocycles. The van der Waals surface area contributed by atoms with E-state index in [-0.39, 0.29) is 40.4 Å². The summed E-state index contributed by atoms with van der Waals surface area (Å²) in [5.74, 6) is 2.48. The van der Waals surface area contributed by atoms with Crippen LogP contribution in [0.15, 0.2) is 54.1 Å². The first kappa shape index (κ1) is 33.7. The number of sulfonamides is 1. The Balaban J connectivity index is 1.05. The minimum Gasteiger partial charge on any atom is -0.393 e. The second-order valence-electron chi connectivity index (χ2n) is 19.7. The highest BCUT2D eigenvalue weighted by molar-refractivity contribution is 7.88. The molecule has 10 aliphatic carbocycles. The number of hydrogen-bond donors (Lipinski definition) is 2. The van der Waals surface area contributed by atoms with E-state index < -0.39 is 32.6 Å². The van der Waals surface area contributed by atoms with Gasteiger partial charge in [-0.1, -0.05) is 50.3 Å². The van der Waals surface area contributed by atoms with Crippen molar-refractivity contribution in [3.8, 4) is 0 Å². The van der Waals surface area contributed by atoms with Gasteiger partial charge in [-0.15, -0.1) is 11.3 Å². The van der Waals surface area contributed by atoms with Crippen LogP contribution in [-0.4, -0.2) is 59.8 Å². The second kappa shape index (κ2) is 10.7. The van der Waals surface area contributed by atoms with Gasteiger partial charge in [-0.25, -0.2) is 8.42 Å². The number of nitrogens with zero attached hydrogens (tertiary/aromatic N) is 1. The quantitative estimate of drug-likeness (QED) is 0.222. The Morgan fingerprint density at radius 3 is 2.22 bits per heavy atom. The summed E-state index contributed by atoms with van der Waals surface area (Å²) in [4.78, 5) is 15.8. The van der Waals surface area contributed by atoms with Gasteiger partial charge in [0.2, 0.25) is 10.0 Å². The van der Waals surface area contributed by atoms with Gasteiger partial charge in [-0.2, -0.15) is 4.31 Å². The molecule has 274 valence electrons. The van der Waals surface area contributed by atoms with Gasteiger partial charge in [0.25, 0.3) is 0 Å². The lowest BCUT2D eigenvalue weighted by Crippen LogP contribution is -2.67. The van der Waals surface area contributed by atoms with Gasteiger partial charge in [0.15, 0.2) is 5.78 Å². The van der Waals surface area contributed by atoms with E-state index in [1.54, 1.807) is 15.6 Å². The smallest absolute Gasteiger partial charge is 0.211 e. The summed E-state index contributed by atoms with van der Waals surface area (Å²) in [5.41, 5.74) is -1.91. The van der Waals surface area contributed by atoms with E-state index >= 15 is 4.79 Å². The van der Waals surface area contributed by atoms with Crippen LogP contribution in [0.25, 0.3) is 10.1 Å². The molecular weight excluding hydrogens is 675 g/mol. The number of allylic oxidation sites excluding steroid dienone is 4. The minimum atomic E-state index is -3.57. The Labute approximate surface area is 307 Å². The molecule has 2 aromatic rings. The number of carbonyl (C=O) groups excluding carboxylic acids is 1. The van der Waals surface area contributed by atoms with Gasteiger partial charge in [0.05, 0.1) is 22.8 Å². The number of hydrogen-bond acceptors (Lipinski definition) is 6. The third-order valence-electron chi connectivity index (χ3n) is 17.2. The lowest BCUT2D eigenvalue weighted by atomic mass is 9.32. The average Bonchev–Trinajstić information content (AvgIpc) is 3.61. The molecule has 2 N–H and O–H groups in total. The Kier molecular flexibility index (Phi) is 7.06. The first-order valence-corrected chi connectivity index (χ1v) is 22.6. The van der Waals surface area contributed by atoms with Crippen molar-refractivity contribution in [2.75, 3.05) is 19.3 Å². The van der Waals surface area contributed by atoms with Crippen LogP contribution in [0.1, 0.15) is 107 Å². The predicted molar refractivity (Wildman–Crippen MR) is 202 cm³/mol. The molecule has 8 heteroatoms. The monoisotopic (exact) mass is 729 g/mol. The van der Waals surface area contributed by atoms with Gasteiger partial charge in [-0.05, 0) is 141 Å². The summed E-state index contributed by atoms with van der Waals surface area (Å²) < 4.78 is 30.3. The van der Waals surface area contributed by atoms with Gasteiger partial charge in [0, 0.05) is 39.6 Å². The molecule has 0 aliphatic heterocycles. The molecule has 10 aliphatic rings. The fourth-order valence-corrected chi connectivity index (χ4v) is 17.2. The zero-order valence-electron chi connectivity index (χ0n) is 30.6. The first-order valence-electron chi connectivity index (χ1n) is 19.9. The van der Waals surface area contributed by atoms with Crippen LogP contribution in [0.2, 0.25) is 0 Å². The third-order valence-corrected chi connectivity index (χ3v) is 19.5. The highest BCUT2D eigenvalue weighted by Gasteiger charge is 2.74. The van der Waals surface area contributed by atoms with E-state index in [2.05, 4.69) is 50.3 Å². The summed E-state index contributed by atoms with van der Waals surface area (Å²) in [6, 6.07) is 10.2. The summed E-state index contributed by atoms with van der Waals surface area (Å²) >= 11 is 1.56. The zero-order chi connectivity index (χ0) is 35.4. The highest BCUT2D eigenvalue weighted by atomic mass is 32.2. The fourth-order valence-electron chi connectivity index (χ4n) is 15.3. The van der Waals surface area contributed by atoms with Gasteiger partial charge in [0.1, 0.15) is 0 Å². The number of benzene rings is 1. The van der Waals surface area contributed by atoms with E-state index in [0.29, 0.717) is 19.4 Å². The molecule has 7 fully saturated rings. The SMILES string of the molecule is C[C@]12CC[C@H]3[C@]4(C=C[C@@]5(C=C4C(=O)c4cc6ccccc6s4)CC(O)CC[C@]35C)[C@@H]1CC[C@@]2(O)CN(CC12CC3CC(CC(C3)C1)C2)S(C)(=O)=O. The summed E-state index contributed by atoms with van der Waals surface area (Å²) in [6.45, 7) is 5.32. The van der Waals surface area contributed by atoms with Crippen molar-refractivity contribution in [1.82, 2.24) is 4.31 Å². The maximum Gasteiger partial charge on any atom is 0.211 e. The lowest BCUT2D eigenvalue weighted by molar-refractivity contribution is -0.175. The summed E-state index contributed by atoms with van der Waals surface area (Å²) in [5, 5.41) is 25.3. The molecule has 2 spiro atoms. The van der Waals surface area contributed by atoms with Crippen molar-refractivity contribution in [1.29, 1.82) is 0 Å². The first-order chi connectivity index (χ1) is 24.1. The molecule has 51 heavy (non-hydrogen) atoms. The van der Waals surface area contributed by atoms with Crippen LogP contribution in [-0.2, 0) is 10.0 Å². The molecular formula is C43H55NO5S2. The molecule has 1 heterocycles. The third kappa shape index (κ3) is 4.49. The van der Waals surface area contributed by atoms with E-state index in [0.717, 1.165) is 89.7 Å². The Morgan fingerprint density at radius 1 is 0.882 bits per heavy atom. The number of aliphatic hydroxyl groups is 2. The van der Waals surface area contributed by atoms with Crippen molar-refractivity contribution in [2.24, 2.45) is 56.7 Å². The topological polar surface area (TPSA) is 94.9 Å². The van der Waals surface area contributed by atoms with Crippen LogP contribution in [0, 0.1) is 56.7 Å². The molecule has 0 amide bonds. The highest BCUT2D eigenvalue weighted by Crippen LogP contribution is 2.78. The van der Waals surface area contributed by atoms with E-state index in [4.69, 9.17) is 0 Å². The van der Waals surface area contributed by atoms with Crippen molar-refractivity contribution < 1.29 is 23.4 Å². The maximum atomic E-state index is 15.1. The van der Waals surface area contributed by atoms with Crippen molar-refractivity contribution in [3.05, 3.63) is 59.0 Å². The average molecular weight is 730 g/mol. The second-order valence-corrected chi connectivity index (χ2v) is 22.8. The van der Waals surface area contributed by atoms with E-state index in [1.807, 2.05) is 12.1 Å². The summed E-state index contributed by atoms with van der Waals surface area (Å²) in [6.07, 6.45) is 20.6. The molecule has 7 saturated carbocycles. The largest absolute Gasteiger partial charge is 0.393 e. The van der Waals surface area contributed by atoms with E-state index in [1.165, 1.54) is 25.5 Å². The number of Topliss-reactive ketones (excluding diaryl/α,β-unsaturated/α-hetero) is 1. The lowest BCUT2D eigenvalue weighted by Gasteiger charge is -2.71. The fraction of sp³-hybridized carbons (Fsp3) is 0.698. The number of carbonyl (C=O) groups is 1. The molecule has 1 unspecified atom stereocenters. The minimum absolute atomic E-state index is 0.00230. The number of fused-ring (bicyclic) bond motifs is 2. The van der Waals surface area contributed by atoms with Crippen LogP contribution in [0.4, 0.5) is 0 Å². The Hall–Kier alpha value is -1.84. The molecule has 0 radical (unpaired) electrons. The molecule has 8 atom stereocenters. The van der Waals surface area contributed by atoms with Crippen LogP contribution >= 0.6 is 11.3 Å². The van der Waals surface area contributed by atoms with Crippen molar-refractivity contribution >= 4 is 37.2 Å². The maximum absolute atomic E-state index is 15.1. The normalized spacial score (nSPS) is 47.8. The molecule has 1 aromatic carbocycles. The Bertz CT molecular complexity index is 1930. The van der Waals surface area contributed by atoms with Crippen molar-refractivity contribution in [3.63, 3.8) is 0 Å². The number of thiophene rings is 1. The van der Waals surface area contributed by atoms with Crippen LogP contribution in [0.3, 0.4) is 0 Å². The van der Waals surface area contributed by atoms with E-state index in [9.17, 15) is 18.6 Å². The zero-order valence-corrected chi connectivity index (χ0v) is 32.2. The number of rotatable bonds is 7. The molecule has 6 nitrogen and oxygen atoms in total. The Morgan fingerprint density at radius 2 is 1.53 bits per heavy atom. The predicted octanol–water partition coefficient (Wildman–Crippen LogP) is 8.15. The van der Waals surface area contributed by atoms with Crippen LogP contribution < -0.4 is 0 Å². The van der Waals surface area contributed by atoms with Gasteiger partial charge in [-0.3, -0.25) is 4.79 Å². The molecule has 6 bridgehead atoms.